The fourth-order valence-corrected chi connectivity index (χ4v) is 4.38. The van der Waals surface area contributed by atoms with E-state index in [1.807, 2.05) is 7.05 Å². The number of nitrogens with one attached hydrogen (secondary N) is 1. The van der Waals surface area contributed by atoms with Gasteiger partial charge in [0.25, 0.3) is 15.9 Å². The molecule has 0 atom stereocenters. The van der Waals surface area contributed by atoms with Gasteiger partial charge in [-0.05, 0) is 37.4 Å². The van der Waals surface area contributed by atoms with Crippen molar-refractivity contribution in [2.24, 2.45) is 0 Å². The molecule has 0 spiro atoms. The van der Waals surface area contributed by atoms with Crippen LogP contribution in [0.1, 0.15) is 10.4 Å². The minimum Gasteiger partial charge on any atom is -0.486 e. The maximum absolute atomic E-state index is 12.8. The van der Waals surface area contributed by atoms with Gasteiger partial charge in [-0.3, -0.25) is 9.52 Å². The van der Waals surface area contributed by atoms with Crippen LogP contribution in [0.25, 0.3) is 0 Å². The summed E-state index contributed by atoms with van der Waals surface area (Å²) in [6, 6.07) is 11.0. The summed E-state index contributed by atoms with van der Waals surface area (Å²) >= 11 is 0. The van der Waals surface area contributed by atoms with E-state index in [1.165, 1.54) is 12.1 Å². The van der Waals surface area contributed by atoms with Crippen molar-refractivity contribution >= 4 is 21.6 Å². The van der Waals surface area contributed by atoms with Crippen molar-refractivity contribution in [1.29, 1.82) is 0 Å². The van der Waals surface area contributed by atoms with Crippen molar-refractivity contribution in [2.75, 3.05) is 51.2 Å². The highest BCUT2D eigenvalue weighted by Gasteiger charge is 2.22. The van der Waals surface area contributed by atoms with Gasteiger partial charge in [-0.15, -0.1) is 0 Å². The van der Waals surface area contributed by atoms with Crippen LogP contribution in [0.4, 0.5) is 5.69 Å². The van der Waals surface area contributed by atoms with E-state index in [4.69, 9.17) is 9.47 Å². The zero-order chi connectivity index (χ0) is 20.4. The molecule has 2 heterocycles. The number of anilines is 1. The Labute approximate surface area is 170 Å². The van der Waals surface area contributed by atoms with Crippen LogP contribution in [0, 0.1) is 0 Å². The van der Waals surface area contributed by atoms with Gasteiger partial charge in [0.1, 0.15) is 13.2 Å². The Hall–Kier alpha value is -2.78. The summed E-state index contributed by atoms with van der Waals surface area (Å²) in [6.07, 6.45) is 0. The summed E-state index contributed by atoms with van der Waals surface area (Å²) in [6.45, 7) is 3.77. The van der Waals surface area contributed by atoms with Gasteiger partial charge in [0.2, 0.25) is 0 Å². The average Bonchev–Trinajstić information content (AvgIpc) is 2.73. The smallest absolute Gasteiger partial charge is 0.262 e. The first kappa shape index (κ1) is 19.5. The number of fused-ring (bicyclic) bond motifs is 1. The number of ether oxygens (including phenoxy) is 2. The lowest BCUT2D eigenvalue weighted by molar-refractivity contribution is 0.0664. The van der Waals surface area contributed by atoms with Gasteiger partial charge >= 0.3 is 0 Å². The number of hydrogen-bond acceptors (Lipinski definition) is 6. The Balaban J connectivity index is 1.52. The first-order valence-electron chi connectivity index (χ1n) is 9.43. The first-order valence-corrected chi connectivity index (χ1v) is 10.9. The molecule has 1 amide bonds. The first-order chi connectivity index (χ1) is 13.9. The highest BCUT2D eigenvalue weighted by atomic mass is 32.2. The standard InChI is InChI=1S/C20H23N3O5S/c1-22-7-9-23(10-8-22)20(24)15-3-2-4-16(13-15)21-29(25,26)17-5-6-18-19(14-17)28-12-11-27-18/h2-6,13-14,21H,7-12H2,1H3. The van der Waals surface area contributed by atoms with Gasteiger partial charge < -0.3 is 19.3 Å². The van der Waals surface area contributed by atoms with E-state index in [-0.39, 0.29) is 10.8 Å². The van der Waals surface area contributed by atoms with Crippen molar-refractivity contribution in [3.05, 3.63) is 48.0 Å². The molecule has 8 nitrogen and oxygen atoms in total. The number of sulfonamides is 1. The number of carbonyl (C=O) groups is 1. The van der Waals surface area contributed by atoms with Crippen molar-refractivity contribution in [3.63, 3.8) is 0 Å². The second kappa shape index (κ2) is 7.92. The Morgan fingerprint density at radius 2 is 1.69 bits per heavy atom. The molecular formula is C20H23N3O5S. The van der Waals surface area contributed by atoms with Gasteiger partial charge in [-0.2, -0.15) is 0 Å². The molecule has 0 aliphatic carbocycles. The quantitative estimate of drug-likeness (QED) is 0.814. The van der Waals surface area contributed by atoms with Crippen LogP contribution in [0.3, 0.4) is 0 Å². The minimum atomic E-state index is -3.84. The molecular weight excluding hydrogens is 394 g/mol. The van der Waals surface area contributed by atoms with Gasteiger partial charge in [0, 0.05) is 43.5 Å². The summed E-state index contributed by atoms with van der Waals surface area (Å²) in [7, 11) is -1.82. The maximum Gasteiger partial charge on any atom is 0.262 e. The minimum absolute atomic E-state index is 0.0672. The fraction of sp³-hybridized carbons (Fsp3) is 0.350. The van der Waals surface area contributed by atoms with Crippen LogP contribution in [0.15, 0.2) is 47.4 Å². The van der Waals surface area contributed by atoms with Crippen LogP contribution < -0.4 is 14.2 Å². The number of rotatable bonds is 4. The average molecular weight is 417 g/mol. The number of nitrogens with zero attached hydrogens (tertiary/aromatic N) is 2. The van der Waals surface area contributed by atoms with Crippen molar-refractivity contribution in [2.45, 2.75) is 4.90 Å². The van der Waals surface area contributed by atoms with Gasteiger partial charge in [0.15, 0.2) is 11.5 Å². The highest BCUT2D eigenvalue weighted by Crippen LogP contribution is 2.32. The topological polar surface area (TPSA) is 88.2 Å². The van der Waals surface area contributed by atoms with Gasteiger partial charge in [0.05, 0.1) is 4.90 Å². The third kappa shape index (κ3) is 4.30. The maximum atomic E-state index is 12.8. The second-order valence-corrected chi connectivity index (χ2v) is 8.77. The zero-order valence-corrected chi connectivity index (χ0v) is 16.9. The second-order valence-electron chi connectivity index (χ2n) is 7.09. The fourth-order valence-electron chi connectivity index (χ4n) is 3.31. The van der Waals surface area contributed by atoms with Crippen LogP contribution in [0.5, 0.6) is 11.5 Å². The molecule has 0 radical (unpaired) electrons. The normalized spacial score (nSPS) is 17.1. The Kier molecular flexibility index (Phi) is 5.33. The van der Waals surface area contributed by atoms with E-state index in [0.29, 0.717) is 49.1 Å². The zero-order valence-electron chi connectivity index (χ0n) is 16.1. The third-order valence-corrected chi connectivity index (χ3v) is 6.36. The molecule has 1 saturated heterocycles. The largest absolute Gasteiger partial charge is 0.486 e. The Morgan fingerprint density at radius 1 is 0.966 bits per heavy atom. The van der Waals surface area contributed by atoms with E-state index in [9.17, 15) is 13.2 Å². The van der Waals surface area contributed by atoms with E-state index in [1.54, 1.807) is 35.2 Å². The van der Waals surface area contributed by atoms with Gasteiger partial charge in [-0.1, -0.05) is 6.07 Å². The number of hydrogen-bond donors (Lipinski definition) is 1. The molecule has 4 rings (SSSR count). The summed E-state index contributed by atoms with van der Waals surface area (Å²) in [5.74, 6) is 0.826. The highest BCUT2D eigenvalue weighted by molar-refractivity contribution is 7.92. The van der Waals surface area contributed by atoms with Gasteiger partial charge in [-0.25, -0.2) is 8.42 Å². The molecule has 0 unspecified atom stereocenters. The van der Waals surface area contributed by atoms with E-state index >= 15 is 0 Å². The lowest BCUT2D eigenvalue weighted by Crippen LogP contribution is -2.47. The summed E-state index contributed by atoms with van der Waals surface area (Å²) in [5, 5.41) is 0. The monoisotopic (exact) mass is 417 g/mol. The van der Waals surface area contributed by atoms with Crippen LogP contribution in [-0.4, -0.2) is 70.6 Å². The van der Waals surface area contributed by atoms with Crippen LogP contribution in [-0.2, 0) is 10.0 Å². The lowest BCUT2D eigenvalue weighted by Gasteiger charge is -2.32. The number of benzene rings is 2. The van der Waals surface area contributed by atoms with E-state index < -0.39 is 10.0 Å². The predicted molar refractivity (Wildman–Crippen MR) is 108 cm³/mol. The van der Waals surface area contributed by atoms with Crippen molar-refractivity contribution in [3.8, 4) is 11.5 Å². The molecule has 154 valence electrons. The molecule has 9 heteroatoms. The number of carbonyl (C=O) groups excluding carboxylic acids is 1. The van der Waals surface area contributed by atoms with Crippen molar-refractivity contribution in [1.82, 2.24) is 9.80 Å². The Bertz CT molecular complexity index is 1020. The lowest BCUT2D eigenvalue weighted by atomic mass is 10.1. The molecule has 0 aromatic heterocycles. The molecule has 2 aromatic rings. The van der Waals surface area contributed by atoms with Crippen LogP contribution in [0.2, 0.25) is 0 Å². The van der Waals surface area contributed by atoms with E-state index in [0.717, 1.165) is 13.1 Å². The molecule has 2 aromatic carbocycles. The molecule has 29 heavy (non-hydrogen) atoms. The summed E-state index contributed by atoms with van der Waals surface area (Å²) in [5.41, 5.74) is 0.789. The number of likely N-dealkylation sites (N-methyl/N-ethyl adjacent to an activating group) is 1. The Morgan fingerprint density at radius 3 is 2.45 bits per heavy atom. The van der Waals surface area contributed by atoms with Crippen LogP contribution >= 0.6 is 0 Å². The molecule has 2 aliphatic rings. The molecule has 2 aliphatic heterocycles. The van der Waals surface area contributed by atoms with Crippen molar-refractivity contribution < 1.29 is 22.7 Å². The number of piperazine rings is 1. The summed E-state index contributed by atoms with van der Waals surface area (Å²) < 4.78 is 39.0. The molecule has 0 bridgehead atoms. The molecule has 0 saturated carbocycles. The number of amides is 1. The third-order valence-electron chi connectivity index (χ3n) is 4.98. The molecule has 1 fully saturated rings. The SMILES string of the molecule is CN1CCN(C(=O)c2cccc(NS(=O)(=O)c3ccc4c(c3)OCCO4)c2)CC1. The van der Waals surface area contributed by atoms with E-state index in [2.05, 4.69) is 9.62 Å². The summed E-state index contributed by atoms with van der Waals surface area (Å²) in [4.78, 5) is 16.8. The predicted octanol–water partition coefficient (Wildman–Crippen LogP) is 1.65. The molecule has 1 N–H and O–H groups in total.